The Hall–Kier alpha value is -1.75. The molecule has 2 aromatic heterocycles. The molecule has 19 heavy (non-hydrogen) atoms. The van der Waals surface area contributed by atoms with Crippen LogP contribution in [0.2, 0.25) is 0 Å². The molecular formula is C14H19N5. The molecular weight excluding hydrogens is 238 g/mol. The molecule has 1 aliphatic heterocycles. The lowest BCUT2D eigenvalue weighted by molar-refractivity contribution is 0.370. The van der Waals surface area contributed by atoms with Crippen molar-refractivity contribution in [2.75, 3.05) is 13.1 Å². The van der Waals surface area contributed by atoms with Crippen LogP contribution in [0.4, 0.5) is 0 Å². The Kier molecular flexibility index (Phi) is 3.55. The van der Waals surface area contributed by atoms with Crippen molar-refractivity contribution in [3.8, 4) is 11.5 Å². The number of rotatable bonds is 3. The van der Waals surface area contributed by atoms with E-state index in [9.17, 15) is 0 Å². The van der Waals surface area contributed by atoms with Crippen LogP contribution in [0.5, 0.6) is 0 Å². The lowest BCUT2D eigenvalue weighted by atomic mass is 9.93. The van der Waals surface area contributed by atoms with Gasteiger partial charge in [-0.3, -0.25) is 4.98 Å². The molecule has 0 unspecified atom stereocenters. The maximum atomic E-state index is 4.53. The molecule has 100 valence electrons. The van der Waals surface area contributed by atoms with E-state index in [-0.39, 0.29) is 0 Å². The molecule has 5 nitrogen and oxygen atoms in total. The van der Waals surface area contributed by atoms with Gasteiger partial charge in [0.15, 0.2) is 5.82 Å². The summed E-state index contributed by atoms with van der Waals surface area (Å²) in [6, 6.07) is 0. The van der Waals surface area contributed by atoms with E-state index in [1.807, 2.05) is 30.2 Å². The van der Waals surface area contributed by atoms with Gasteiger partial charge in [-0.25, -0.2) is 9.97 Å². The van der Waals surface area contributed by atoms with Gasteiger partial charge < -0.3 is 9.88 Å². The van der Waals surface area contributed by atoms with E-state index in [1.54, 1.807) is 6.20 Å². The molecule has 1 fully saturated rings. The van der Waals surface area contributed by atoms with Crippen molar-refractivity contribution in [2.45, 2.75) is 19.3 Å². The minimum Gasteiger partial charge on any atom is -0.333 e. The molecule has 1 N–H and O–H groups in total. The molecule has 3 rings (SSSR count). The van der Waals surface area contributed by atoms with E-state index < -0.39 is 0 Å². The monoisotopic (exact) mass is 257 g/mol. The average Bonchev–Trinajstić information content (AvgIpc) is 2.87. The number of aromatic nitrogens is 4. The van der Waals surface area contributed by atoms with E-state index >= 15 is 0 Å². The van der Waals surface area contributed by atoms with Crippen LogP contribution in [0.3, 0.4) is 0 Å². The molecule has 1 saturated heterocycles. The van der Waals surface area contributed by atoms with E-state index in [2.05, 4.69) is 20.3 Å². The second kappa shape index (κ2) is 5.48. The molecule has 3 heterocycles. The summed E-state index contributed by atoms with van der Waals surface area (Å²) in [7, 11) is 1.97. The topological polar surface area (TPSA) is 55.6 Å². The number of aryl methyl sites for hydroxylation is 1. The number of hydrogen-bond acceptors (Lipinski definition) is 4. The lowest BCUT2D eigenvalue weighted by Crippen LogP contribution is -2.28. The zero-order valence-corrected chi connectivity index (χ0v) is 11.2. The van der Waals surface area contributed by atoms with Crippen molar-refractivity contribution in [1.82, 2.24) is 24.8 Å². The smallest absolute Gasteiger partial charge is 0.159 e. The maximum Gasteiger partial charge on any atom is 0.159 e. The maximum absolute atomic E-state index is 4.53. The third-order valence-corrected chi connectivity index (χ3v) is 3.71. The van der Waals surface area contributed by atoms with Crippen molar-refractivity contribution in [1.29, 1.82) is 0 Å². The van der Waals surface area contributed by atoms with Crippen molar-refractivity contribution >= 4 is 0 Å². The molecule has 0 aliphatic carbocycles. The van der Waals surface area contributed by atoms with Crippen LogP contribution >= 0.6 is 0 Å². The summed E-state index contributed by atoms with van der Waals surface area (Å²) in [5.41, 5.74) is 1.92. The predicted octanol–water partition coefficient (Wildman–Crippen LogP) is 1.42. The van der Waals surface area contributed by atoms with Crippen LogP contribution in [0.1, 0.15) is 18.5 Å². The van der Waals surface area contributed by atoms with E-state index in [0.717, 1.165) is 42.6 Å². The van der Waals surface area contributed by atoms with Crippen LogP contribution in [-0.2, 0) is 13.5 Å². The van der Waals surface area contributed by atoms with Crippen molar-refractivity contribution in [2.24, 2.45) is 13.0 Å². The summed E-state index contributed by atoms with van der Waals surface area (Å²) in [5, 5.41) is 3.39. The van der Waals surface area contributed by atoms with Gasteiger partial charge in [-0.15, -0.1) is 0 Å². The third kappa shape index (κ3) is 2.81. The summed E-state index contributed by atoms with van der Waals surface area (Å²) < 4.78 is 1.95. The fourth-order valence-electron chi connectivity index (χ4n) is 2.57. The molecule has 0 aromatic carbocycles. The first kappa shape index (κ1) is 12.3. The molecule has 2 aromatic rings. The van der Waals surface area contributed by atoms with Gasteiger partial charge in [0.25, 0.3) is 0 Å². The summed E-state index contributed by atoms with van der Waals surface area (Å²) >= 11 is 0. The van der Waals surface area contributed by atoms with Crippen LogP contribution in [-0.4, -0.2) is 32.6 Å². The Balaban J connectivity index is 1.70. The molecule has 0 spiro atoms. The fraction of sp³-hybridized carbons (Fsp3) is 0.500. The molecule has 0 radical (unpaired) electrons. The summed E-state index contributed by atoms with van der Waals surface area (Å²) in [6.45, 7) is 2.26. The van der Waals surface area contributed by atoms with Crippen LogP contribution in [0.25, 0.3) is 11.5 Å². The van der Waals surface area contributed by atoms with Gasteiger partial charge in [-0.2, -0.15) is 0 Å². The van der Waals surface area contributed by atoms with Crippen LogP contribution in [0, 0.1) is 5.92 Å². The van der Waals surface area contributed by atoms with Crippen LogP contribution < -0.4 is 5.32 Å². The standard InChI is InChI=1S/C14H19N5/c1-19-7-6-16-14(19)13-10-17-12(9-18-13)8-11-2-4-15-5-3-11/h6-7,9-11,15H,2-5,8H2,1H3. The lowest BCUT2D eigenvalue weighted by Gasteiger charge is -2.21. The van der Waals surface area contributed by atoms with Gasteiger partial charge in [0.1, 0.15) is 5.69 Å². The second-order valence-electron chi connectivity index (χ2n) is 5.15. The number of piperidine rings is 1. The Morgan fingerprint density at radius 2 is 2.05 bits per heavy atom. The Bertz CT molecular complexity index is 525. The van der Waals surface area contributed by atoms with E-state index in [4.69, 9.17) is 0 Å². The van der Waals surface area contributed by atoms with E-state index in [0.29, 0.717) is 0 Å². The second-order valence-corrected chi connectivity index (χ2v) is 5.15. The first-order chi connectivity index (χ1) is 9.33. The molecule has 0 saturated carbocycles. The molecule has 0 bridgehead atoms. The quantitative estimate of drug-likeness (QED) is 0.903. The number of nitrogens with one attached hydrogen (secondary N) is 1. The van der Waals surface area contributed by atoms with Crippen molar-refractivity contribution in [3.05, 3.63) is 30.5 Å². The summed E-state index contributed by atoms with van der Waals surface area (Å²) in [6.07, 6.45) is 10.9. The summed E-state index contributed by atoms with van der Waals surface area (Å²) in [4.78, 5) is 13.3. The molecule has 1 aliphatic rings. The van der Waals surface area contributed by atoms with Crippen molar-refractivity contribution in [3.63, 3.8) is 0 Å². The Morgan fingerprint density at radius 3 is 2.68 bits per heavy atom. The number of imidazole rings is 1. The van der Waals surface area contributed by atoms with Gasteiger partial charge in [0.2, 0.25) is 0 Å². The number of hydrogen-bond donors (Lipinski definition) is 1. The third-order valence-electron chi connectivity index (χ3n) is 3.71. The highest BCUT2D eigenvalue weighted by molar-refractivity contribution is 5.47. The first-order valence-electron chi connectivity index (χ1n) is 6.82. The zero-order chi connectivity index (χ0) is 13.1. The fourth-order valence-corrected chi connectivity index (χ4v) is 2.57. The Morgan fingerprint density at radius 1 is 1.21 bits per heavy atom. The van der Waals surface area contributed by atoms with Crippen molar-refractivity contribution < 1.29 is 0 Å². The highest BCUT2D eigenvalue weighted by Crippen LogP contribution is 2.18. The summed E-state index contributed by atoms with van der Waals surface area (Å²) in [5.74, 6) is 1.61. The Labute approximate surface area is 113 Å². The highest BCUT2D eigenvalue weighted by Gasteiger charge is 2.14. The van der Waals surface area contributed by atoms with E-state index in [1.165, 1.54) is 12.8 Å². The van der Waals surface area contributed by atoms with Gasteiger partial charge >= 0.3 is 0 Å². The van der Waals surface area contributed by atoms with Gasteiger partial charge in [0.05, 0.1) is 11.9 Å². The zero-order valence-electron chi connectivity index (χ0n) is 11.2. The van der Waals surface area contributed by atoms with Gasteiger partial charge in [0, 0.05) is 25.6 Å². The van der Waals surface area contributed by atoms with Gasteiger partial charge in [-0.1, -0.05) is 0 Å². The normalized spacial score (nSPS) is 16.7. The molecule has 0 atom stereocenters. The van der Waals surface area contributed by atoms with Crippen LogP contribution in [0.15, 0.2) is 24.8 Å². The largest absolute Gasteiger partial charge is 0.333 e. The average molecular weight is 257 g/mol. The predicted molar refractivity (Wildman–Crippen MR) is 73.5 cm³/mol. The minimum absolute atomic E-state index is 0.745. The highest BCUT2D eigenvalue weighted by atomic mass is 15.1. The molecule has 0 amide bonds. The SMILES string of the molecule is Cn1ccnc1-c1cnc(CC2CCNCC2)cn1. The van der Waals surface area contributed by atoms with Gasteiger partial charge in [-0.05, 0) is 38.3 Å². The molecule has 5 heteroatoms. The first-order valence-corrected chi connectivity index (χ1v) is 6.82. The minimum atomic E-state index is 0.745. The number of nitrogens with zero attached hydrogens (tertiary/aromatic N) is 4.